The van der Waals surface area contributed by atoms with Crippen molar-refractivity contribution in [1.82, 2.24) is 30.0 Å². The first-order valence-corrected chi connectivity index (χ1v) is 10.2. The lowest BCUT2D eigenvalue weighted by atomic mass is 10.1. The summed E-state index contributed by atoms with van der Waals surface area (Å²) in [5.74, 6) is 1.44. The van der Waals surface area contributed by atoms with Gasteiger partial charge < -0.3 is 14.2 Å². The molecule has 10 heteroatoms. The van der Waals surface area contributed by atoms with E-state index in [0.717, 1.165) is 17.7 Å². The van der Waals surface area contributed by atoms with Crippen LogP contribution in [0.1, 0.15) is 34.4 Å². The Morgan fingerprint density at radius 3 is 2.69 bits per heavy atom. The van der Waals surface area contributed by atoms with Gasteiger partial charge in [0.25, 0.3) is 5.91 Å². The van der Waals surface area contributed by atoms with Crippen molar-refractivity contribution in [2.24, 2.45) is 0 Å². The van der Waals surface area contributed by atoms with Crippen LogP contribution in [-0.4, -0.2) is 61.0 Å². The van der Waals surface area contributed by atoms with Gasteiger partial charge in [0.2, 0.25) is 17.6 Å². The molecule has 2 aromatic carbocycles. The van der Waals surface area contributed by atoms with Gasteiger partial charge in [-0.3, -0.25) is 9.59 Å². The predicted octanol–water partition coefficient (Wildman–Crippen LogP) is 2.74. The Bertz CT molecular complexity index is 1310. The number of hydrogen-bond donors (Lipinski definition) is 0. The first kappa shape index (κ1) is 19.9. The Hall–Kier alpha value is -4.08. The molecule has 0 saturated carbocycles. The van der Waals surface area contributed by atoms with E-state index in [1.165, 1.54) is 11.6 Å². The van der Waals surface area contributed by atoms with Crippen molar-refractivity contribution >= 4 is 22.8 Å². The summed E-state index contributed by atoms with van der Waals surface area (Å²) in [7, 11) is 0. The van der Waals surface area contributed by atoms with Gasteiger partial charge in [0.05, 0.1) is 12.1 Å². The number of rotatable bonds is 4. The number of ether oxygens (including phenoxy) is 1. The van der Waals surface area contributed by atoms with Gasteiger partial charge in [-0.25, -0.2) is 0 Å². The predicted molar refractivity (Wildman–Crippen MR) is 113 cm³/mol. The zero-order chi connectivity index (χ0) is 22.2. The molecule has 0 radical (unpaired) electrons. The van der Waals surface area contributed by atoms with Gasteiger partial charge in [-0.05, 0) is 42.5 Å². The van der Waals surface area contributed by atoms with Crippen molar-refractivity contribution in [2.75, 3.05) is 13.1 Å². The van der Waals surface area contributed by atoms with Gasteiger partial charge in [-0.1, -0.05) is 10.4 Å². The van der Waals surface area contributed by atoms with E-state index < -0.39 is 0 Å². The molecule has 1 fully saturated rings. The lowest BCUT2D eigenvalue weighted by molar-refractivity contribution is 0.0772. The van der Waals surface area contributed by atoms with Gasteiger partial charge >= 0.3 is 0 Å². The van der Waals surface area contributed by atoms with Crippen LogP contribution in [0.5, 0.6) is 5.75 Å². The molecule has 1 amide bonds. The highest BCUT2D eigenvalue weighted by Gasteiger charge is 2.28. The Morgan fingerprint density at radius 1 is 1.16 bits per heavy atom. The molecule has 4 aromatic rings. The number of benzene rings is 2. The lowest BCUT2D eigenvalue weighted by Crippen LogP contribution is -2.30. The average Bonchev–Trinajstić information content (AvgIpc) is 3.53. The van der Waals surface area contributed by atoms with E-state index in [9.17, 15) is 9.59 Å². The number of carbonyl (C=O) groups excluding carboxylic acids is 2. The van der Waals surface area contributed by atoms with Crippen LogP contribution < -0.4 is 4.74 Å². The highest BCUT2D eigenvalue weighted by molar-refractivity contribution is 5.98. The van der Waals surface area contributed by atoms with Crippen LogP contribution in [-0.2, 0) is 0 Å². The Kier molecular flexibility index (Phi) is 4.89. The summed E-state index contributed by atoms with van der Waals surface area (Å²) in [5, 5.41) is 11.7. The fourth-order valence-corrected chi connectivity index (χ4v) is 3.77. The monoisotopic (exact) mass is 432 g/mol. The third-order valence-corrected chi connectivity index (χ3v) is 5.37. The zero-order valence-corrected chi connectivity index (χ0v) is 17.6. The van der Waals surface area contributed by atoms with E-state index in [4.69, 9.17) is 9.26 Å². The number of fused-ring (bicyclic) bond motifs is 1. The van der Waals surface area contributed by atoms with Crippen LogP contribution in [0, 0.1) is 6.92 Å². The summed E-state index contributed by atoms with van der Waals surface area (Å²) in [6.07, 6.45) is 0.639. The molecule has 0 bridgehead atoms. The maximum Gasteiger partial charge on any atom is 0.254 e. The normalized spacial score (nSPS) is 15.9. The van der Waals surface area contributed by atoms with Gasteiger partial charge in [-0.15, -0.1) is 5.10 Å². The molecule has 0 aliphatic carbocycles. The topological polar surface area (TPSA) is 116 Å². The minimum Gasteiger partial charge on any atom is -0.489 e. The minimum atomic E-state index is -0.230. The largest absolute Gasteiger partial charge is 0.489 e. The van der Waals surface area contributed by atoms with Crippen molar-refractivity contribution in [3.63, 3.8) is 0 Å². The van der Waals surface area contributed by atoms with E-state index in [0.29, 0.717) is 41.4 Å². The maximum atomic E-state index is 13.0. The quantitative estimate of drug-likeness (QED) is 0.483. The standard InChI is InChI=1S/C22H20N6O4/c1-13-23-21(25-32-13)15-3-6-17(7-4-15)31-18-9-10-27(12-18)22(30)16-5-8-20-19(11-16)24-26-28(20)14(2)29/h3-8,11,18H,9-10,12H2,1-2H3/t18-/m1/s1. The third kappa shape index (κ3) is 3.70. The van der Waals surface area contributed by atoms with E-state index >= 15 is 0 Å². The number of hydrogen-bond acceptors (Lipinski definition) is 8. The van der Waals surface area contributed by atoms with Crippen molar-refractivity contribution < 1.29 is 18.8 Å². The number of carbonyl (C=O) groups is 2. The highest BCUT2D eigenvalue weighted by atomic mass is 16.5. The number of amides is 1. The smallest absolute Gasteiger partial charge is 0.254 e. The van der Waals surface area contributed by atoms with Crippen molar-refractivity contribution in [3.8, 4) is 17.1 Å². The van der Waals surface area contributed by atoms with E-state index in [-0.39, 0.29) is 17.9 Å². The van der Waals surface area contributed by atoms with Crippen LogP contribution >= 0.6 is 0 Å². The molecule has 3 heterocycles. The van der Waals surface area contributed by atoms with Gasteiger partial charge in [0.1, 0.15) is 17.4 Å². The SMILES string of the molecule is CC(=O)n1nnc2cc(C(=O)N3CC[C@@H](Oc4ccc(-c5noc(C)n5)cc4)C3)ccc21. The molecule has 1 atom stereocenters. The first-order chi connectivity index (χ1) is 15.5. The molecule has 10 nitrogen and oxygen atoms in total. The Balaban J connectivity index is 1.24. The summed E-state index contributed by atoms with van der Waals surface area (Å²) >= 11 is 0. The van der Waals surface area contributed by atoms with Crippen molar-refractivity contribution in [1.29, 1.82) is 0 Å². The van der Waals surface area contributed by atoms with Gasteiger partial charge in [-0.2, -0.15) is 9.67 Å². The molecule has 0 N–H and O–H groups in total. The second-order valence-corrected chi connectivity index (χ2v) is 7.66. The second kappa shape index (κ2) is 7.88. The number of aromatic nitrogens is 5. The summed E-state index contributed by atoms with van der Waals surface area (Å²) in [6.45, 7) is 4.25. The summed E-state index contributed by atoms with van der Waals surface area (Å²) in [5.41, 5.74) is 2.44. The highest BCUT2D eigenvalue weighted by Crippen LogP contribution is 2.24. The summed E-state index contributed by atoms with van der Waals surface area (Å²) < 4.78 is 12.3. The molecule has 0 unspecified atom stereocenters. The Labute approximate surface area is 182 Å². The molecule has 5 rings (SSSR count). The molecule has 0 spiro atoms. The number of nitrogens with zero attached hydrogens (tertiary/aromatic N) is 6. The van der Waals surface area contributed by atoms with Crippen LogP contribution in [0.3, 0.4) is 0 Å². The number of aryl methyl sites for hydroxylation is 1. The molecule has 1 saturated heterocycles. The first-order valence-electron chi connectivity index (χ1n) is 10.2. The lowest BCUT2D eigenvalue weighted by Gasteiger charge is -2.17. The minimum absolute atomic E-state index is 0.0976. The molecule has 2 aromatic heterocycles. The van der Waals surface area contributed by atoms with Crippen LogP contribution in [0.25, 0.3) is 22.4 Å². The fourth-order valence-electron chi connectivity index (χ4n) is 3.77. The molecular formula is C22H20N6O4. The van der Waals surface area contributed by atoms with Crippen LogP contribution in [0.15, 0.2) is 47.0 Å². The van der Waals surface area contributed by atoms with Gasteiger partial charge in [0, 0.05) is 37.9 Å². The molecular weight excluding hydrogens is 412 g/mol. The van der Waals surface area contributed by atoms with E-state index in [1.54, 1.807) is 30.0 Å². The number of likely N-dealkylation sites (tertiary alicyclic amines) is 1. The third-order valence-electron chi connectivity index (χ3n) is 5.37. The molecule has 1 aliphatic heterocycles. The summed E-state index contributed by atoms with van der Waals surface area (Å²) in [6, 6.07) is 12.5. The summed E-state index contributed by atoms with van der Waals surface area (Å²) in [4.78, 5) is 30.5. The van der Waals surface area contributed by atoms with Crippen molar-refractivity contribution in [3.05, 3.63) is 53.9 Å². The van der Waals surface area contributed by atoms with E-state index in [1.807, 2.05) is 24.3 Å². The second-order valence-electron chi connectivity index (χ2n) is 7.66. The van der Waals surface area contributed by atoms with E-state index in [2.05, 4.69) is 20.5 Å². The molecule has 1 aliphatic rings. The molecule has 32 heavy (non-hydrogen) atoms. The average molecular weight is 432 g/mol. The fraction of sp³-hybridized carbons (Fsp3) is 0.273. The maximum absolute atomic E-state index is 13.0. The van der Waals surface area contributed by atoms with Gasteiger partial charge in [0.15, 0.2) is 0 Å². The van der Waals surface area contributed by atoms with Crippen LogP contribution in [0.2, 0.25) is 0 Å². The van der Waals surface area contributed by atoms with Crippen molar-refractivity contribution in [2.45, 2.75) is 26.4 Å². The molecule has 162 valence electrons. The zero-order valence-electron chi connectivity index (χ0n) is 17.6. The Morgan fingerprint density at radius 2 is 1.97 bits per heavy atom. The van der Waals surface area contributed by atoms with Crippen LogP contribution in [0.4, 0.5) is 0 Å².